The SMILES string of the molecule is O=C(CN1CCC[C@H]1CO)Nc1ccc(Cc2ccc(NC(=O)CN3CCC[C@H]3CO)cc2)cc1. The van der Waals surface area contributed by atoms with Gasteiger partial charge >= 0.3 is 0 Å². The van der Waals surface area contributed by atoms with Crippen molar-refractivity contribution < 1.29 is 19.8 Å². The molecule has 2 heterocycles. The standard InChI is InChI=1S/C27H36N4O4/c32-18-24-3-1-13-30(24)16-26(34)28-22-9-5-20(6-10-22)15-21-7-11-23(12-8-21)29-27(35)17-31-14-2-4-25(31)19-33/h5-12,24-25,32-33H,1-4,13-19H2,(H,28,34)(H,29,35)/t24-,25-/m0/s1. The molecule has 188 valence electrons. The van der Waals surface area contributed by atoms with Crippen LogP contribution in [0.1, 0.15) is 36.8 Å². The van der Waals surface area contributed by atoms with Gasteiger partial charge in [-0.1, -0.05) is 24.3 Å². The van der Waals surface area contributed by atoms with Crippen LogP contribution in [-0.2, 0) is 16.0 Å². The maximum absolute atomic E-state index is 12.4. The third-order valence-corrected chi connectivity index (χ3v) is 7.00. The van der Waals surface area contributed by atoms with Gasteiger partial charge in [-0.3, -0.25) is 19.4 Å². The van der Waals surface area contributed by atoms with Crippen molar-refractivity contribution in [2.75, 3.05) is 50.0 Å². The minimum atomic E-state index is -0.0626. The molecule has 0 aromatic heterocycles. The van der Waals surface area contributed by atoms with E-state index in [0.29, 0.717) is 13.1 Å². The quantitative estimate of drug-likeness (QED) is 0.415. The first-order chi connectivity index (χ1) is 17.0. The van der Waals surface area contributed by atoms with Crippen LogP contribution in [-0.4, -0.2) is 83.3 Å². The van der Waals surface area contributed by atoms with E-state index in [1.807, 2.05) is 58.3 Å². The number of aliphatic hydroxyl groups is 2. The molecule has 2 saturated heterocycles. The molecule has 4 rings (SSSR count). The van der Waals surface area contributed by atoms with Crippen molar-refractivity contribution in [2.45, 2.75) is 44.2 Å². The molecule has 0 unspecified atom stereocenters. The zero-order chi connectivity index (χ0) is 24.6. The Hall–Kier alpha value is -2.78. The molecule has 0 radical (unpaired) electrons. The summed E-state index contributed by atoms with van der Waals surface area (Å²) in [6.45, 7) is 2.50. The van der Waals surface area contributed by atoms with Gasteiger partial charge in [-0.05, 0) is 80.6 Å². The predicted octanol–water partition coefficient (Wildman–Crippen LogP) is 2.07. The normalized spacial score (nSPS) is 20.7. The van der Waals surface area contributed by atoms with E-state index in [2.05, 4.69) is 10.6 Å². The van der Waals surface area contributed by atoms with Gasteiger partial charge in [0.15, 0.2) is 0 Å². The van der Waals surface area contributed by atoms with Crippen molar-refractivity contribution in [3.63, 3.8) is 0 Å². The minimum Gasteiger partial charge on any atom is -0.395 e. The van der Waals surface area contributed by atoms with Crippen LogP contribution in [0.3, 0.4) is 0 Å². The van der Waals surface area contributed by atoms with Gasteiger partial charge in [0.2, 0.25) is 11.8 Å². The van der Waals surface area contributed by atoms with Crippen LogP contribution in [0, 0.1) is 0 Å². The Morgan fingerprint density at radius 1 is 0.714 bits per heavy atom. The average Bonchev–Trinajstić information content (AvgIpc) is 3.50. The smallest absolute Gasteiger partial charge is 0.238 e. The number of hydrogen-bond donors (Lipinski definition) is 4. The van der Waals surface area contributed by atoms with Crippen molar-refractivity contribution in [1.29, 1.82) is 0 Å². The molecule has 0 saturated carbocycles. The highest BCUT2D eigenvalue weighted by atomic mass is 16.3. The molecule has 0 aliphatic carbocycles. The fraction of sp³-hybridized carbons (Fsp3) is 0.481. The van der Waals surface area contributed by atoms with E-state index in [4.69, 9.17) is 0 Å². The van der Waals surface area contributed by atoms with Crippen LogP contribution < -0.4 is 10.6 Å². The van der Waals surface area contributed by atoms with E-state index in [0.717, 1.165) is 67.7 Å². The molecule has 0 bridgehead atoms. The first-order valence-corrected chi connectivity index (χ1v) is 12.5. The lowest BCUT2D eigenvalue weighted by molar-refractivity contribution is -0.118. The summed E-state index contributed by atoms with van der Waals surface area (Å²) in [6, 6.07) is 15.8. The lowest BCUT2D eigenvalue weighted by Crippen LogP contribution is -2.38. The summed E-state index contributed by atoms with van der Waals surface area (Å²) in [5.74, 6) is -0.125. The molecule has 2 aromatic rings. The summed E-state index contributed by atoms with van der Waals surface area (Å²) in [5, 5.41) is 24.7. The Kier molecular flexibility index (Phi) is 8.87. The molecule has 4 N–H and O–H groups in total. The van der Waals surface area contributed by atoms with E-state index < -0.39 is 0 Å². The number of carbonyl (C=O) groups is 2. The van der Waals surface area contributed by atoms with Gasteiger partial charge in [0.25, 0.3) is 0 Å². The van der Waals surface area contributed by atoms with E-state index in [1.165, 1.54) is 0 Å². The summed E-state index contributed by atoms with van der Waals surface area (Å²) in [7, 11) is 0. The second-order valence-electron chi connectivity index (χ2n) is 9.57. The van der Waals surface area contributed by atoms with E-state index in [-0.39, 0.29) is 37.1 Å². The maximum Gasteiger partial charge on any atom is 0.238 e. The Morgan fingerprint density at radius 3 is 1.49 bits per heavy atom. The van der Waals surface area contributed by atoms with Crippen molar-refractivity contribution in [3.8, 4) is 0 Å². The highest BCUT2D eigenvalue weighted by molar-refractivity contribution is 5.92. The van der Waals surface area contributed by atoms with Crippen LogP contribution in [0.2, 0.25) is 0 Å². The summed E-state index contributed by atoms with van der Waals surface area (Å²) < 4.78 is 0. The first-order valence-electron chi connectivity index (χ1n) is 12.5. The van der Waals surface area contributed by atoms with E-state index in [9.17, 15) is 19.8 Å². The van der Waals surface area contributed by atoms with Gasteiger partial charge in [0, 0.05) is 23.5 Å². The molecule has 2 atom stereocenters. The van der Waals surface area contributed by atoms with E-state index >= 15 is 0 Å². The Bertz CT molecular complexity index is 900. The molecule has 2 aliphatic heterocycles. The Morgan fingerprint density at radius 2 is 1.11 bits per heavy atom. The first kappa shape index (κ1) is 25.3. The molecule has 8 nitrogen and oxygen atoms in total. The van der Waals surface area contributed by atoms with E-state index in [1.54, 1.807) is 0 Å². The van der Waals surface area contributed by atoms with Crippen LogP contribution in [0.5, 0.6) is 0 Å². The number of hydrogen-bond acceptors (Lipinski definition) is 6. The van der Waals surface area contributed by atoms with Crippen LogP contribution in [0.4, 0.5) is 11.4 Å². The second-order valence-corrected chi connectivity index (χ2v) is 9.57. The third-order valence-electron chi connectivity index (χ3n) is 7.00. The van der Waals surface area contributed by atoms with Crippen molar-refractivity contribution in [3.05, 3.63) is 59.7 Å². The minimum absolute atomic E-state index is 0.0626. The number of nitrogens with one attached hydrogen (secondary N) is 2. The predicted molar refractivity (Wildman–Crippen MR) is 136 cm³/mol. The number of anilines is 2. The highest BCUT2D eigenvalue weighted by Gasteiger charge is 2.26. The van der Waals surface area contributed by atoms with Crippen LogP contribution in [0.25, 0.3) is 0 Å². The fourth-order valence-corrected chi connectivity index (χ4v) is 5.04. The van der Waals surface area contributed by atoms with Crippen molar-refractivity contribution in [1.82, 2.24) is 9.80 Å². The molecule has 2 aromatic carbocycles. The van der Waals surface area contributed by atoms with Gasteiger partial charge in [-0.15, -0.1) is 0 Å². The van der Waals surface area contributed by atoms with Crippen molar-refractivity contribution >= 4 is 23.2 Å². The lowest BCUT2D eigenvalue weighted by Gasteiger charge is -2.21. The number of carbonyl (C=O) groups excluding carboxylic acids is 2. The van der Waals surface area contributed by atoms with Gasteiger partial charge < -0.3 is 20.8 Å². The topological polar surface area (TPSA) is 105 Å². The summed E-state index contributed by atoms with van der Waals surface area (Å²) in [4.78, 5) is 28.8. The second kappa shape index (κ2) is 12.3. The van der Waals surface area contributed by atoms with Gasteiger partial charge in [0.05, 0.1) is 26.3 Å². The largest absolute Gasteiger partial charge is 0.395 e. The average molecular weight is 481 g/mol. The molecular weight excluding hydrogens is 444 g/mol. The molecule has 2 aliphatic rings. The van der Waals surface area contributed by atoms with Crippen LogP contribution in [0.15, 0.2) is 48.5 Å². The molecular formula is C27H36N4O4. The molecule has 35 heavy (non-hydrogen) atoms. The summed E-state index contributed by atoms with van der Waals surface area (Å²) in [6.07, 6.45) is 4.67. The third kappa shape index (κ3) is 7.11. The fourth-order valence-electron chi connectivity index (χ4n) is 5.04. The lowest BCUT2D eigenvalue weighted by atomic mass is 10.0. The maximum atomic E-state index is 12.4. The summed E-state index contributed by atoms with van der Waals surface area (Å²) in [5.41, 5.74) is 3.78. The number of rotatable bonds is 10. The summed E-state index contributed by atoms with van der Waals surface area (Å²) >= 11 is 0. The van der Waals surface area contributed by atoms with Gasteiger partial charge in [-0.25, -0.2) is 0 Å². The number of amides is 2. The highest BCUT2D eigenvalue weighted by Crippen LogP contribution is 2.19. The number of nitrogens with zero attached hydrogens (tertiary/aromatic N) is 2. The molecule has 2 fully saturated rings. The molecule has 8 heteroatoms. The van der Waals surface area contributed by atoms with Gasteiger partial charge in [0.1, 0.15) is 0 Å². The number of likely N-dealkylation sites (tertiary alicyclic amines) is 2. The Balaban J connectivity index is 1.23. The zero-order valence-electron chi connectivity index (χ0n) is 20.2. The molecule has 0 spiro atoms. The number of aliphatic hydroxyl groups excluding tert-OH is 2. The molecule has 2 amide bonds. The van der Waals surface area contributed by atoms with Gasteiger partial charge in [-0.2, -0.15) is 0 Å². The monoisotopic (exact) mass is 480 g/mol. The van der Waals surface area contributed by atoms with Crippen molar-refractivity contribution in [2.24, 2.45) is 0 Å². The zero-order valence-corrected chi connectivity index (χ0v) is 20.2. The van der Waals surface area contributed by atoms with Crippen LogP contribution >= 0.6 is 0 Å². The Labute approximate surface area is 206 Å². The number of benzene rings is 2.